The first-order valence-corrected chi connectivity index (χ1v) is 33.1. The number of esters is 2. The maximum atomic E-state index is 14.2. The Morgan fingerprint density at radius 2 is 0.798 bits per heavy atom. The molecule has 4 amide bonds. The first-order valence-electron chi connectivity index (χ1n) is 33.1. The van der Waals surface area contributed by atoms with Gasteiger partial charge >= 0.3 is 11.9 Å². The van der Waals surface area contributed by atoms with Crippen molar-refractivity contribution in [2.24, 2.45) is 10.7 Å². The molecule has 0 aliphatic heterocycles. The highest BCUT2D eigenvalue weighted by atomic mass is 31.0. The number of carbonyl (C=O) groups is 6. The van der Waals surface area contributed by atoms with Gasteiger partial charge < -0.3 is 56.7 Å². The van der Waals surface area contributed by atoms with Crippen LogP contribution in [0.2, 0.25) is 0 Å². The molecule has 8 aromatic carbocycles. The van der Waals surface area contributed by atoms with Crippen molar-refractivity contribution in [1.82, 2.24) is 31.2 Å². The fourth-order valence-electron chi connectivity index (χ4n) is 12.3. The summed E-state index contributed by atoms with van der Waals surface area (Å²) in [5.41, 5.74) is 12.7. The van der Waals surface area contributed by atoms with Crippen molar-refractivity contribution < 1.29 is 48.5 Å². The van der Waals surface area contributed by atoms with E-state index < -0.39 is 70.8 Å². The number of aliphatic imine (C=N–C) groups is 1. The van der Waals surface area contributed by atoms with E-state index in [0.29, 0.717) is 6.61 Å². The maximum absolute atomic E-state index is 14.2. The molecule has 0 aliphatic carbocycles. The number of nitrogens with two attached hydrogens (primary N) is 1. The summed E-state index contributed by atoms with van der Waals surface area (Å²) in [4.78, 5) is 92.3. The predicted molar refractivity (Wildman–Crippen MR) is 395 cm³/mol. The molecule has 0 saturated heterocycles. The van der Waals surface area contributed by atoms with Crippen LogP contribution >= 0.6 is 9.90 Å². The zero-order valence-electron chi connectivity index (χ0n) is 56.4. The second-order valence-corrected chi connectivity index (χ2v) is 23.9. The van der Waals surface area contributed by atoms with E-state index in [0.717, 1.165) is 85.6 Å². The van der Waals surface area contributed by atoms with Gasteiger partial charge in [-0.05, 0) is 69.5 Å². The number of carbonyl (C=O) groups excluding carboxylic acids is 6. The second-order valence-electron chi connectivity index (χ2n) is 23.9. The van der Waals surface area contributed by atoms with Crippen LogP contribution in [0.4, 0.5) is 0 Å². The van der Waals surface area contributed by atoms with Crippen LogP contribution in [0.15, 0.2) is 248 Å². The number of rotatable bonds is 32. The minimum Gasteiger partial charge on any atom is -0.483 e. The molecule has 0 fully saturated rings. The largest absolute Gasteiger partial charge is 0.483 e. The van der Waals surface area contributed by atoms with Gasteiger partial charge in [0.1, 0.15) is 29.2 Å². The van der Waals surface area contributed by atoms with Crippen LogP contribution in [-0.4, -0.2) is 102 Å². The molecule has 10 N–H and O–H groups in total. The minimum absolute atomic E-state index is 0. The summed E-state index contributed by atoms with van der Waals surface area (Å²) in [7, 11) is 2.45. The van der Waals surface area contributed by atoms with Crippen LogP contribution in [0.3, 0.4) is 0 Å². The normalized spacial score (nSPS) is 12.4. The molecule has 1 unspecified atom stereocenters. The highest BCUT2D eigenvalue weighted by molar-refractivity contribution is 6.92. The summed E-state index contributed by atoms with van der Waals surface area (Å²) in [6.07, 6.45) is 12.9. The van der Waals surface area contributed by atoms with Crippen LogP contribution in [0.5, 0.6) is 0 Å². The standard InChI is InChI=1S/C45H52N4O5.C35H34N4O4.H2O.H3P/c1-3-4-5-6-7-8-20-29-54-33-47-40(30-34-32-46-39-28-19-18-27-38(34)39)43(51)48-41(44(52)53-2)31-42(50)49-45(35-21-12-9-13-22-35,36-23-14-10-15-24-36)37-25-16-11-17-26-37;1-43-34(42)31(38-33(41)29(36)21-24-23-37-30-20-12-11-19-28(24)30)22-32(40)39-35(25-13-5-2-6-14-25,26-15-7-3-8-16-26)27-17-9-4-10-18-27;;/h9-19,21-28,32-33,40-41,46H,3-8,20,29-31H2,1-2H3,(H,48,51)(H,49,50);2-20,23,29,31,37H,21-22,36H2,1H3,(H,38,41)(H,39,40);1H2;1H3/t40-,41-;29-,31-;;/m00../s1. The first-order chi connectivity index (χ1) is 47.4. The zero-order valence-corrected chi connectivity index (χ0v) is 57.8. The molecule has 5 atom stereocenters. The van der Waals surface area contributed by atoms with Gasteiger partial charge in [-0.15, -0.1) is 0 Å². The topological polar surface area (TPSA) is 280 Å². The summed E-state index contributed by atoms with van der Waals surface area (Å²) in [6, 6.07) is 69.1. The molecule has 99 heavy (non-hydrogen) atoms. The van der Waals surface area contributed by atoms with E-state index in [4.69, 9.17) is 19.9 Å². The quantitative estimate of drug-likeness (QED) is 0.00523. The molecule has 2 aromatic heterocycles. The lowest BCUT2D eigenvalue weighted by Crippen LogP contribution is -2.53. The predicted octanol–water partition coefficient (Wildman–Crippen LogP) is 11.5. The van der Waals surface area contributed by atoms with Crippen LogP contribution in [0.1, 0.15) is 109 Å². The molecule has 18 nitrogen and oxygen atoms in total. The van der Waals surface area contributed by atoms with E-state index in [2.05, 4.69) is 43.2 Å². The van der Waals surface area contributed by atoms with Crippen LogP contribution in [0, 0.1) is 0 Å². The third kappa shape index (κ3) is 19.8. The Kier molecular flexibility index (Phi) is 29.4. The lowest BCUT2D eigenvalue weighted by atomic mass is 9.77. The van der Waals surface area contributed by atoms with E-state index in [9.17, 15) is 28.8 Å². The number of para-hydroxylation sites is 2. The van der Waals surface area contributed by atoms with Crippen LogP contribution < -0.4 is 27.0 Å². The van der Waals surface area contributed by atoms with Gasteiger partial charge in [-0.3, -0.25) is 19.2 Å². The molecular formula is C80H91N8O10P. The van der Waals surface area contributed by atoms with Gasteiger partial charge in [0.05, 0.1) is 39.7 Å². The first kappa shape index (κ1) is 75.9. The van der Waals surface area contributed by atoms with Crippen molar-refractivity contribution in [2.75, 3.05) is 20.8 Å². The summed E-state index contributed by atoms with van der Waals surface area (Å²) in [5, 5.41) is 13.9. The van der Waals surface area contributed by atoms with E-state index in [1.54, 1.807) is 0 Å². The van der Waals surface area contributed by atoms with Gasteiger partial charge in [0.2, 0.25) is 23.6 Å². The maximum Gasteiger partial charge on any atom is 0.328 e. The summed E-state index contributed by atoms with van der Waals surface area (Å²) in [5.74, 6) is -3.50. The number of unbranched alkanes of at least 4 members (excludes halogenated alkanes) is 6. The van der Waals surface area contributed by atoms with Gasteiger partial charge in [0.15, 0.2) is 6.40 Å². The third-order valence-electron chi connectivity index (χ3n) is 17.3. The number of methoxy groups -OCH3 is 2. The molecular weight excluding hydrogens is 1260 g/mol. The number of nitrogens with zero attached hydrogens (tertiary/aromatic N) is 1. The van der Waals surface area contributed by atoms with Crippen LogP contribution in [-0.2, 0) is 66.9 Å². The highest BCUT2D eigenvalue weighted by Crippen LogP contribution is 2.39. The number of benzene rings is 8. The van der Waals surface area contributed by atoms with E-state index in [1.165, 1.54) is 46.3 Å². The SMILES string of the molecule is CCCCCCCCCOC=N[C@@H](Cc1c[nH]c2ccccc12)C(=O)N[C@@H](CC(=O)NC(c1ccccc1)(c1ccccc1)c1ccccc1)C(=O)OC.COC(=O)[C@H](CC(=O)NC(c1ccccc1)(c1ccccc1)c1ccccc1)NC(=O)[C@@H](N)Cc1c[nH]c2ccccc12.O.P. The minimum atomic E-state index is -1.28. The lowest BCUT2D eigenvalue weighted by molar-refractivity contribution is -0.147. The number of hydrogen-bond donors (Lipinski definition) is 7. The van der Waals surface area contributed by atoms with Gasteiger partial charge in [-0.2, -0.15) is 9.90 Å². The number of aromatic amines is 2. The third-order valence-corrected chi connectivity index (χ3v) is 17.3. The van der Waals surface area contributed by atoms with Crippen molar-refractivity contribution in [3.8, 4) is 0 Å². The van der Waals surface area contributed by atoms with Gasteiger partial charge in [-0.1, -0.05) is 264 Å². The van der Waals surface area contributed by atoms with Crippen molar-refractivity contribution >= 4 is 73.7 Å². The Labute approximate surface area is 582 Å². The molecule has 10 rings (SSSR count). The van der Waals surface area contributed by atoms with E-state index >= 15 is 0 Å². The molecule has 0 radical (unpaired) electrons. The van der Waals surface area contributed by atoms with Crippen molar-refractivity contribution in [1.29, 1.82) is 0 Å². The molecule has 19 heteroatoms. The molecule has 10 aromatic rings. The lowest BCUT2D eigenvalue weighted by Gasteiger charge is -2.37. The fourth-order valence-corrected chi connectivity index (χ4v) is 12.3. The Hall–Kier alpha value is -10.5. The summed E-state index contributed by atoms with van der Waals surface area (Å²) >= 11 is 0. The zero-order chi connectivity index (χ0) is 68.2. The number of amides is 4. The number of fused-ring (bicyclic) bond motifs is 2. The van der Waals surface area contributed by atoms with Crippen molar-refractivity contribution in [3.05, 3.63) is 287 Å². The smallest absolute Gasteiger partial charge is 0.328 e. The molecule has 0 spiro atoms. The van der Waals surface area contributed by atoms with Gasteiger partial charge in [0.25, 0.3) is 0 Å². The number of ether oxygens (including phenoxy) is 3. The van der Waals surface area contributed by atoms with Gasteiger partial charge in [-0.25, -0.2) is 14.6 Å². The fraction of sp³-hybridized carbons (Fsp3) is 0.263. The highest BCUT2D eigenvalue weighted by Gasteiger charge is 2.41. The van der Waals surface area contributed by atoms with E-state index in [-0.39, 0.29) is 41.1 Å². The number of nitrogens with one attached hydrogen (secondary N) is 6. The number of H-pyrrole nitrogens is 2. The van der Waals surface area contributed by atoms with Gasteiger partial charge in [0, 0.05) is 40.6 Å². The summed E-state index contributed by atoms with van der Waals surface area (Å²) in [6.45, 7) is 2.70. The molecule has 0 aliphatic rings. The van der Waals surface area contributed by atoms with Crippen molar-refractivity contribution in [3.63, 3.8) is 0 Å². The Morgan fingerprint density at radius 1 is 0.465 bits per heavy atom. The molecule has 0 saturated carbocycles. The number of hydrogen-bond acceptors (Lipinski definition) is 11. The Bertz CT molecular complexity index is 3970. The Morgan fingerprint density at radius 3 is 1.17 bits per heavy atom. The molecule has 0 bridgehead atoms. The second kappa shape index (κ2) is 38.4. The summed E-state index contributed by atoms with van der Waals surface area (Å²) < 4.78 is 15.8. The average molecular weight is 1360 g/mol. The van der Waals surface area contributed by atoms with Crippen LogP contribution in [0.25, 0.3) is 21.8 Å². The number of aromatic nitrogens is 2. The monoisotopic (exact) mass is 1350 g/mol. The van der Waals surface area contributed by atoms with E-state index in [1.807, 2.05) is 243 Å². The molecule has 516 valence electrons. The Balaban J connectivity index is 0.000000279. The average Bonchev–Trinajstić information content (AvgIpc) is 1.64. The molecule has 2 heterocycles. The van der Waals surface area contributed by atoms with Crippen molar-refractivity contribution in [2.45, 2.75) is 113 Å².